The smallest absolute Gasteiger partial charge is 0.309 e. The second-order valence-electron chi connectivity index (χ2n) is 12.8. The highest BCUT2D eigenvalue weighted by Crippen LogP contribution is 2.46. The molecule has 7 rings (SSSR count). The van der Waals surface area contributed by atoms with Crippen molar-refractivity contribution in [2.45, 2.75) is 58.5 Å². The van der Waals surface area contributed by atoms with Gasteiger partial charge in [-0.15, -0.1) is 0 Å². The van der Waals surface area contributed by atoms with Crippen LogP contribution < -0.4 is 4.74 Å². The van der Waals surface area contributed by atoms with Gasteiger partial charge < -0.3 is 18.3 Å². The van der Waals surface area contributed by atoms with Crippen LogP contribution in [0, 0.1) is 19.8 Å². The van der Waals surface area contributed by atoms with Crippen LogP contribution in [0.15, 0.2) is 106 Å². The Morgan fingerprint density at radius 1 is 0.860 bits per heavy atom. The molecule has 254 valence electrons. The second kappa shape index (κ2) is 14.4. The van der Waals surface area contributed by atoms with Gasteiger partial charge in [-0.1, -0.05) is 67.1 Å². The molecule has 0 N–H and O–H groups in total. The molecule has 7 nitrogen and oxygen atoms in total. The number of hydrogen-bond acceptors (Lipinski definition) is 7. The maximum absolute atomic E-state index is 12.8. The van der Waals surface area contributed by atoms with Gasteiger partial charge in [0.1, 0.15) is 29.1 Å². The van der Waals surface area contributed by atoms with Gasteiger partial charge in [0.05, 0.1) is 18.7 Å². The molecular formula is C42H39ClN2O5. The van der Waals surface area contributed by atoms with E-state index < -0.39 is 6.10 Å². The molecule has 3 unspecified atom stereocenters. The Morgan fingerprint density at radius 3 is 2.14 bits per heavy atom. The van der Waals surface area contributed by atoms with Gasteiger partial charge in [0.25, 0.3) is 0 Å². The number of rotatable bonds is 11. The second-order valence-corrected chi connectivity index (χ2v) is 13.2. The van der Waals surface area contributed by atoms with Crippen LogP contribution in [0.2, 0.25) is 5.02 Å². The lowest BCUT2D eigenvalue weighted by molar-refractivity contribution is -0.146. The highest BCUT2D eigenvalue weighted by molar-refractivity contribution is 6.30. The number of oxazole rings is 2. The maximum atomic E-state index is 12.8. The first-order valence-corrected chi connectivity index (χ1v) is 17.4. The van der Waals surface area contributed by atoms with Crippen molar-refractivity contribution >= 4 is 17.6 Å². The number of halogens is 1. The number of aryl methyl sites for hydroxylation is 3. The Balaban J connectivity index is 1.33. The van der Waals surface area contributed by atoms with Crippen LogP contribution in [-0.4, -0.2) is 23.0 Å². The lowest BCUT2D eigenvalue weighted by atomic mass is 9.84. The van der Waals surface area contributed by atoms with Crippen molar-refractivity contribution in [1.29, 1.82) is 0 Å². The molecule has 2 heterocycles. The lowest BCUT2D eigenvalue weighted by Crippen LogP contribution is -2.22. The summed E-state index contributed by atoms with van der Waals surface area (Å²) in [5.74, 6) is 2.82. The first kappa shape index (κ1) is 33.4. The predicted molar refractivity (Wildman–Crippen MR) is 194 cm³/mol. The Labute approximate surface area is 297 Å². The van der Waals surface area contributed by atoms with E-state index in [0.717, 1.165) is 51.9 Å². The molecule has 0 amide bonds. The van der Waals surface area contributed by atoms with Crippen LogP contribution in [0.25, 0.3) is 34.0 Å². The minimum absolute atomic E-state index is 0.0544. The van der Waals surface area contributed by atoms with Crippen LogP contribution in [0.3, 0.4) is 0 Å². The molecule has 0 aliphatic heterocycles. The van der Waals surface area contributed by atoms with Gasteiger partial charge in [0.2, 0.25) is 11.8 Å². The zero-order valence-electron chi connectivity index (χ0n) is 28.6. The fraction of sp³-hybridized carbons (Fsp3) is 0.262. The van der Waals surface area contributed by atoms with Gasteiger partial charge in [-0.2, -0.15) is 0 Å². The number of aromatic nitrogens is 2. The molecule has 0 saturated heterocycles. The summed E-state index contributed by atoms with van der Waals surface area (Å²) in [4.78, 5) is 22.8. The van der Waals surface area contributed by atoms with Crippen LogP contribution in [0.4, 0.5) is 0 Å². The summed E-state index contributed by atoms with van der Waals surface area (Å²) in [7, 11) is 1.46. The largest absolute Gasteiger partial charge is 0.483 e. The summed E-state index contributed by atoms with van der Waals surface area (Å²) in [6.45, 7) is 5.89. The van der Waals surface area contributed by atoms with Crippen LogP contribution >= 0.6 is 11.6 Å². The van der Waals surface area contributed by atoms with E-state index in [9.17, 15) is 4.79 Å². The van der Waals surface area contributed by atoms with Gasteiger partial charge in [0, 0.05) is 28.1 Å². The Morgan fingerprint density at radius 2 is 1.50 bits per heavy atom. The number of esters is 1. The minimum atomic E-state index is -0.566. The monoisotopic (exact) mass is 686 g/mol. The molecule has 1 aliphatic carbocycles. The number of hydrogen-bond donors (Lipinski definition) is 0. The van der Waals surface area contributed by atoms with E-state index in [-0.39, 0.29) is 17.8 Å². The quantitative estimate of drug-likeness (QED) is 0.125. The highest BCUT2D eigenvalue weighted by atomic mass is 35.5. The number of carbonyl (C=O) groups is 1. The molecular weight excluding hydrogens is 648 g/mol. The van der Waals surface area contributed by atoms with Crippen molar-refractivity contribution < 1.29 is 23.1 Å². The molecule has 0 saturated carbocycles. The molecule has 0 fully saturated rings. The predicted octanol–water partition coefficient (Wildman–Crippen LogP) is 10.5. The SMILES string of the molecule is CCC(C(=O)OC)C1CCc2cc(OC(Cc3nc(-c4ccccc4)oc3C)c3nc(-c4ccccc4)oc3C)c(-c3ccc(Cl)cc3)cc21. The molecule has 0 bridgehead atoms. The summed E-state index contributed by atoms with van der Waals surface area (Å²) >= 11 is 6.34. The molecule has 6 aromatic rings. The first-order valence-electron chi connectivity index (χ1n) is 17.0. The third-order valence-electron chi connectivity index (χ3n) is 9.67. The number of methoxy groups -OCH3 is 1. The van der Waals surface area contributed by atoms with Gasteiger partial charge >= 0.3 is 5.97 Å². The minimum Gasteiger partial charge on any atom is -0.483 e. The van der Waals surface area contributed by atoms with E-state index in [4.69, 9.17) is 39.9 Å². The fourth-order valence-corrected chi connectivity index (χ4v) is 7.19. The van der Waals surface area contributed by atoms with E-state index in [1.54, 1.807) is 0 Å². The van der Waals surface area contributed by atoms with Gasteiger partial charge in [0.15, 0.2) is 0 Å². The van der Waals surface area contributed by atoms with E-state index >= 15 is 0 Å². The van der Waals surface area contributed by atoms with Crippen molar-refractivity contribution in [3.05, 3.63) is 136 Å². The Hall–Kier alpha value is -5.14. The molecule has 8 heteroatoms. The lowest BCUT2D eigenvalue weighted by Gasteiger charge is -2.24. The first-order chi connectivity index (χ1) is 24.3. The number of ether oxygens (including phenoxy) is 2. The van der Waals surface area contributed by atoms with E-state index in [1.165, 1.54) is 7.11 Å². The Kier molecular flexibility index (Phi) is 9.59. The maximum Gasteiger partial charge on any atom is 0.309 e. The number of benzene rings is 4. The van der Waals surface area contributed by atoms with E-state index in [0.29, 0.717) is 52.6 Å². The zero-order valence-corrected chi connectivity index (χ0v) is 29.4. The van der Waals surface area contributed by atoms with E-state index in [2.05, 4.69) is 12.1 Å². The topological polar surface area (TPSA) is 87.6 Å². The fourth-order valence-electron chi connectivity index (χ4n) is 7.06. The zero-order chi connectivity index (χ0) is 34.8. The standard InChI is InChI=1S/C42H39ClN2O5/c1-5-32(42(46)47-4)33-21-18-30-22-37(35(23-34(30)33)27-16-19-31(43)20-17-27)50-38(39-26(3)49-41(45-39)29-14-10-7-11-15-29)24-36-25(2)48-40(44-36)28-12-8-6-9-13-28/h6-17,19-20,22-23,32-33,38H,5,18,21,24H2,1-4H3. The summed E-state index contributed by atoms with van der Waals surface area (Å²) in [5, 5.41) is 0.646. The van der Waals surface area contributed by atoms with E-state index in [1.807, 2.05) is 106 Å². The van der Waals surface area contributed by atoms with Gasteiger partial charge in [-0.3, -0.25) is 4.79 Å². The van der Waals surface area contributed by atoms with Gasteiger partial charge in [-0.25, -0.2) is 9.97 Å². The summed E-state index contributed by atoms with van der Waals surface area (Å²) < 4.78 is 24.8. The van der Waals surface area contributed by atoms with Crippen LogP contribution in [0.1, 0.15) is 65.8 Å². The third kappa shape index (κ3) is 6.70. The Bertz CT molecular complexity index is 2100. The summed E-state index contributed by atoms with van der Waals surface area (Å²) in [6, 6.07) is 31.8. The summed E-state index contributed by atoms with van der Waals surface area (Å²) in [5.41, 5.74) is 7.41. The number of carbonyl (C=O) groups excluding carboxylic acids is 1. The molecule has 50 heavy (non-hydrogen) atoms. The number of nitrogens with zero attached hydrogens (tertiary/aromatic N) is 2. The van der Waals surface area contributed by atoms with Crippen molar-refractivity contribution in [3.8, 4) is 39.8 Å². The normalized spacial score (nSPS) is 15.0. The average Bonchev–Trinajstić information content (AvgIpc) is 3.85. The highest BCUT2D eigenvalue weighted by Gasteiger charge is 2.36. The number of fused-ring (bicyclic) bond motifs is 1. The van der Waals surface area contributed by atoms with Gasteiger partial charge in [-0.05, 0) is 104 Å². The van der Waals surface area contributed by atoms with Crippen LogP contribution in [-0.2, 0) is 22.4 Å². The molecule has 2 aromatic heterocycles. The molecule has 4 aromatic carbocycles. The third-order valence-corrected chi connectivity index (χ3v) is 9.92. The van der Waals surface area contributed by atoms with Crippen molar-refractivity contribution in [3.63, 3.8) is 0 Å². The van der Waals surface area contributed by atoms with Crippen molar-refractivity contribution in [2.75, 3.05) is 7.11 Å². The van der Waals surface area contributed by atoms with Crippen molar-refractivity contribution in [2.24, 2.45) is 5.92 Å². The van der Waals surface area contributed by atoms with Crippen molar-refractivity contribution in [1.82, 2.24) is 9.97 Å². The van der Waals surface area contributed by atoms with Crippen LogP contribution in [0.5, 0.6) is 5.75 Å². The molecule has 0 radical (unpaired) electrons. The molecule has 0 spiro atoms. The average molecular weight is 687 g/mol. The summed E-state index contributed by atoms with van der Waals surface area (Å²) in [6.07, 6.45) is 2.22. The molecule has 3 atom stereocenters. The molecule has 1 aliphatic rings.